The van der Waals surface area contributed by atoms with Crippen molar-refractivity contribution in [2.75, 3.05) is 39.5 Å². The zero-order valence-corrected chi connectivity index (χ0v) is 11.5. The van der Waals surface area contributed by atoms with Crippen LogP contribution in [0, 0.1) is 0 Å². The molecule has 0 amide bonds. The first-order valence-corrected chi connectivity index (χ1v) is 7.07. The molecule has 0 aromatic carbocycles. The number of carbonyl (C=O) groups excluding carboxylic acids is 2. The minimum Gasteiger partial charge on any atom is -0.550 e. The molecule has 0 unspecified atom stereocenters. The maximum Gasteiger partial charge on any atom is 0.365 e. The predicted octanol–water partition coefficient (Wildman–Crippen LogP) is -2.87. The zero-order chi connectivity index (χ0) is 14.4. The Hall–Kier alpha value is -1.18. The van der Waals surface area contributed by atoms with E-state index in [2.05, 4.69) is 0 Å². The summed E-state index contributed by atoms with van der Waals surface area (Å²) in [6.45, 7) is 3.15. The molecule has 0 aliphatic carbocycles. The first-order chi connectivity index (χ1) is 9.66. The lowest BCUT2D eigenvalue weighted by Gasteiger charge is -2.30. The average Bonchev–Trinajstić information content (AvgIpc) is 2.96. The normalized spacial score (nSPS) is 25.3. The molecule has 2 atom stereocenters. The van der Waals surface area contributed by atoms with Crippen molar-refractivity contribution in [3.8, 4) is 0 Å². The van der Waals surface area contributed by atoms with Gasteiger partial charge in [0.25, 0.3) is 0 Å². The van der Waals surface area contributed by atoms with E-state index in [1.165, 1.54) is 0 Å². The van der Waals surface area contributed by atoms with Gasteiger partial charge >= 0.3 is 5.97 Å². The SMILES string of the molecule is O=C([O-])C[C@@H](C(=O)OC[C@H]1CCCO1)[NH+]1CCOCC1. The highest BCUT2D eigenvalue weighted by molar-refractivity contribution is 5.80. The minimum absolute atomic E-state index is 0.0535. The van der Waals surface area contributed by atoms with Crippen LogP contribution in [0.4, 0.5) is 0 Å². The molecule has 7 nitrogen and oxygen atoms in total. The number of carboxylic acids is 1. The van der Waals surface area contributed by atoms with Crippen molar-refractivity contribution in [1.82, 2.24) is 0 Å². The number of morpholine rings is 1. The second-order valence-electron chi connectivity index (χ2n) is 5.16. The molecule has 7 heteroatoms. The number of carbonyl (C=O) groups is 2. The van der Waals surface area contributed by atoms with Crippen molar-refractivity contribution in [3.05, 3.63) is 0 Å². The summed E-state index contributed by atoms with van der Waals surface area (Å²) >= 11 is 0. The van der Waals surface area contributed by atoms with E-state index >= 15 is 0 Å². The molecule has 0 spiro atoms. The van der Waals surface area contributed by atoms with Gasteiger partial charge < -0.3 is 29.0 Å². The van der Waals surface area contributed by atoms with Gasteiger partial charge in [0.1, 0.15) is 19.7 Å². The summed E-state index contributed by atoms with van der Waals surface area (Å²) in [5.41, 5.74) is 0. The number of carboxylic acid groups (broad SMARTS) is 1. The molecule has 2 fully saturated rings. The summed E-state index contributed by atoms with van der Waals surface area (Å²) in [6.07, 6.45) is 1.48. The molecule has 114 valence electrons. The Morgan fingerprint density at radius 3 is 2.65 bits per heavy atom. The first kappa shape index (κ1) is 15.2. The third kappa shape index (κ3) is 4.43. The predicted molar refractivity (Wildman–Crippen MR) is 64.9 cm³/mol. The van der Waals surface area contributed by atoms with Crippen molar-refractivity contribution < 1.29 is 33.8 Å². The number of ether oxygens (including phenoxy) is 3. The molecule has 2 aliphatic heterocycles. The maximum absolute atomic E-state index is 12.1. The minimum atomic E-state index is -1.23. The summed E-state index contributed by atoms with van der Waals surface area (Å²) < 4.78 is 15.8. The van der Waals surface area contributed by atoms with E-state index in [4.69, 9.17) is 14.2 Å². The lowest BCUT2D eigenvalue weighted by atomic mass is 10.1. The van der Waals surface area contributed by atoms with Crippen molar-refractivity contribution in [1.29, 1.82) is 0 Å². The number of esters is 1. The van der Waals surface area contributed by atoms with E-state index in [1.807, 2.05) is 0 Å². The van der Waals surface area contributed by atoms with Gasteiger partial charge in [-0.1, -0.05) is 0 Å². The van der Waals surface area contributed by atoms with Crippen molar-refractivity contribution in [2.45, 2.75) is 31.4 Å². The van der Waals surface area contributed by atoms with Crippen LogP contribution in [0.5, 0.6) is 0 Å². The molecule has 1 N–H and O–H groups in total. The van der Waals surface area contributed by atoms with Crippen LogP contribution in [-0.4, -0.2) is 63.6 Å². The topological polar surface area (TPSA) is 89.3 Å². The molecular weight excluding hydrogens is 266 g/mol. The Labute approximate surface area is 117 Å². The van der Waals surface area contributed by atoms with Crippen LogP contribution in [0.25, 0.3) is 0 Å². The second-order valence-corrected chi connectivity index (χ2v) is 5.16. The smallest absolute Gasteiger partial charge is 0.365 e. The molecule has 0 radical (unpaired) electrons. The summed E-state index contributed by atoms with van der Waals surface area (Å²) in [5.74, 6) is -1.72. The Morgan fingerprint density at radius 2 is 2.05 bits per heavy atom. The number of hydrogen-bond donors (Lipinski definition) is 1. The molecule has 20 heavy (non-hydrogen) atoms. The largest absolute Gasteiger partial charge is 0.550 e. The Morgan fingerprint density at radius 1 is 1.30 bits per heavy atom. The first-order valence-electron chi connectivity index (χ1n) is 7.07. The standard InChI is InChI=1S/C13H21NO6/c15-12(16)8-11(14-3-6-18-7-4-14)13(17)20-9-10-2-1-5-19-10/h10-11H,1-9H2,(H,15,16)/t10-,11+/m1/s1. The van der Waals surface area contributed by atoms with Crippen LogP contribution >= 0.6 is 0 Å². The molecular formula is C13H21NO6. The van der Waals surface area contributed by atoms with E-state index in [0.29, 0.717) is 32.9 Å². The molecule has 2 heterocycles. The van der Waals surface area contributed by atoms with Crippen molar-refractivity contribution in [2.24, 2.45) is 0 Å². The molecule has 0 aromatic rings. The third-order valence-corrected chi connectivity index (χ3v) is 3.72. The molecule has 0 saturated carbocycles. The third-order valence-electron chi connectivity index (χ3n) is 3.72. The molecule has 0 bridgehead atoms. The molecule has 2 aliphatic rings. The van der Waals surface area contributed by atoms with Gasteiger partial charge in [0, 0.05) is 12.6 Å². The highest BCUT2D eigenvalue weighted by Crippen LogP contribution is 2.12. The van der Waals surface area contributed by atoms with Gasteiger partial charge in [-0.05, 0) is 12.8 Å². The van der Waals surface area contributed by atoms with Crippen LogP contribution in [0.15, 0.2) is 0 Å². The summed E-state index contributed by atoms with van der Waals surface area (Å²) in [4.78, 5) is 23.8. The van der Waals surface area contributed by atoms with Crippen molar-refractivity contribution in [3.63, 3.8) is 0 Å². The van der Waals surface area contributed by atoms with Crippen LogP contribution in [0.3, 0.4) is 0 Å². The number of aliphatic carboxylic acids is 1. The Bertz CT molecular complexity index is 336. The number of rotatable bonds is 6. The van der Waals surface area contributed by atoms with Gasteiger partial charge in [-0.15, -0.1) is 0 Å². The van der Waals surface area contributed by atoms with Gasteiger partial charge in [0.15, 0.2) is 6.04 Å². The van der Waals surface area contributed by atoms with E-state index in [1.54, 1.807) is 0 Å². The van der Waals surface area contributed by atoms with Crippen LogP contribution in [0.1, 0.15) is 19.3 Å². The van der Waals surface area contributed by atoms with E-state index in [0.717, 1.165) is 17.7 Å². The van der Waals surface area contributed by atoms with Gasteiger partial charge in [-0.3, -0.25) is 0 Å². The van der Waals surface area contributed by atoms with Crippen LogP contribution in [-0.2, 0) is 23.8 Å². The fourth-order valence-electron chi connectivity index (χ4n) is 2.59. The van der Waals surface area contributed by atoms with E-state index in [-0.39, 0.29) is 19.1 Å². The van der Waals surface area contributed by atoms with Crippen molar-refractivity contribution >= 4 is 11.9 Å². The Kier molecular flexibility index (Phi) is 5.75. The van der Waals surface area contributed by atoms with E-state index < -0.39 is 18.0 Å². The number of quaternary nitrogens is 1. The highest BCUT2D eigenvalue weighted by Gasteiger charge is 2.33. The van der Waals surface area contributed by atoms with Crippen LogP contribution in [0.2, 0.25) is 0 Å². The molecule has 0 aromatic heterocycles. The van der Waals surface area contributed by atoms with Gasteiger partial charge in [-0.2, -0.15) is 0 Å². The fraction of sp³-hybridized carbons (Fsp3) is 0.846. The second kappa shape index (κ2) is 7.56. The average molecular weight is 287 g/mol. The van der Waals surface area contributed by atoms with Gasteiger partial charge in [-0.25, -0.2) is 4.79 Å². The number of nitrogens with one attached hydrogen (secondary N) is 1. The lowest BCUT2D eigenvalue weighted by Crippen LogP contribution is -3.18. The summed E-state index contributed by atoms with van der Waals surface area (Å²) in [7, 11) is 0. The molecule has 2 saturated heterocycles. The lowest BCUT2D eigenvalue weighted by molar-refractivity contribution is -0.924. The van der Waals surface area contributed by atoms with Gasteiger partial charge in [0.2, 0.25) is 0 Å². The number of hydrogen-bond acceptors (Lipinski definition) is 6. The maximum atomic E-state index is 12.1. The molecule has 2 rings (SSSR count). The zero-order valence-electron chi connectivity index (χ0n) is 11.5. The van der Waals surface area contributed by atoms with Gasteiger partial charge in [0.05, 0.1) is 25.7 Å². The Balaban J connectivity index is 1.86. The summed E-state index contributed by atoms with van der Waals surface area (Å²) in [6, 6.07) is -0.717. The van der Waals surface area contributed by atoms with E-state index in [9.17, 15) is 14.7 Å². The highest BCUT2D eigenvalue weighted by atomic mass is 16.6. The fourth-order valence-corrected chi connectivity index (χ4v) is 2.59. The summed E-state index contributed by atoms with van der Waals surface area (Å²) in [5, 5.41) is 10.8. The monoisotopic (exact) mass is 287 g/mol. The quantitative estimate of drug-likeness (QED) is 0.528. The van der Waals surface area contributed by atoms with Crippen LogP contribution < -0.4 is 10.0 Å².